The number of rotatable bonds is 2. The van der Waals surface area contributed by atoms with Crippen molar-refractivity contribution >= 4 is 5.95 Å². The molecule has 2 unspecified atom stereocenters. The first-order valence-electron chi connectivity index (χ1n) is 7.27. The van der Waals surface area contributed by atoms with E-state index in [0.29, 0.717) is 17.3 Å². The van der Waals surface area contributed by atoms with Crippen LogP contribution in [0.3, 0.4) is 0 Å². The number of aromatic nitrogens is 3. The molecule has 0 saturated carbocycles. The molecule has 2 aromatic rings. The maximum atomic E-state index is 13.5. The monoisotopic (exact) mass is 289 g/mol. The molecular formula is C15H20FN5. The number of hydrogen-bond acceptors (Lipinski definition) is 4. The van der Waals surface area contributed by atoms with E-state index in [1.165, 1.54) is 12.1 Å². The van der Waals surface area contributed by atoms with Crippen molar-refractivity contribution < 1.29 is 4.39 Å². The van der Waals surface area contributed by atoms with Gasteiger partial charge in [0.1, 0.15) is 5.82 Å². The number of benzene rings is 1. The third-order valence-corrected chi connectivity index (χ3v) is 4.09. The summed E-state index contributed by atoms with van der Waals surface area (Å²) in [7, 11) is 0. The average molecular weight is 289 g/mol. The normalized spacial score (nSPS) is 22.6. The molecule has 6 heteroatoms. The Morgan fingerprint density at radius 2 is 2.19 bits per heavy atom. The average Bonchev–Trinajstić information content (AvgIpc) is 2.90. The molecule has 1 saturated heterocycles. The van der Waals surface area contributed by atoms with Gasteiger partial charge in [0, 0.05) is 24.2 Å². The highest BCUT2D eigenvalue weighted by Crippen LogP contribution is 2.24. The number of nitrogens with zero attached hydrogens (tertiary/aromatic N) is 3. The smallest absolute Gasteiger partial charge is 0.245 e. The van der Waals surface area contributed by atoms with E-state index in [9.17, 15) is 4.39 Å². The van der Waals surface area contributed by atoms with Crippen LogP contribution < -0.4 is 10.6 Å². The number of nitrogens with two attached hydrogens (primary N) is 1. The number of piperidine rings is 1. The van der Waals surface area contributed by atoms with Gasteiger partial charge in [-0.1, -0.05) is 0 Å². The molecular weight excluding hydrogens is 269 g/mol. The lowest BCUT2D eigenvalue weighted by Crippen LogP contribution is -2.50. The second-order valence-electron chi connectivity index (χ2n) is 5.74. The van der Waals surface area contributed by atoms with Crippen LogP contribution in [0.15, 0.2) is 18.2 Å². The van der Waals surface area contributed by atoms with Gasteiger partial charge in [0.2, 0.25) is 5.95 Å². The van der Waals surface area contributed by atoms with Gasteiger partial charge in [-0.15, -0.1) is 5.10 Å². The molecule has 21 heavy (non-hydrogen) atoms. The van der Waals surface area contributed by atoms with Crippen molar-refractivity contribution in [2.45, 2.75) is 38.8 Å². The van der Waals surface area contributed by atoms with Crippen LogP contribution in [0.4, 0.5) is 10.3 Å². The van der Waals surface area contributed by atoms with Gasteiger partial charge < -0.3 is 10.6 Å². The van der Waals surface area contributed by atoms with E-state index in [0.717, 1.165) is 24.9 Å². The summed E-state index contributed by atoms with van der Waals surface area (Å²) < 4.78 is 13.5. The first-order chi connectivity index (χ1) is 10.0. The molecule has 1 aromatic carbocycles. The number of anilines is 1. The molecule has 1 aliphatic heterocycles. The summed E-state index contributed by atoms with van der Waals surface area (Å²) in [6, 6.07) is 5.18. The van der Waals surface area contributed by atoms with Crippen LogP contribution in [0.1, 0.15) is 25.3 Å². The minimum absolute atomic E-state index is 0.136. The Hall–Kier alpha value is -1.95. The van der Waals surface area contributed by atoms with E-state index in [1.807, 2.05) is 13.0 Å². The summed E-state index contributed by atoms with van der Waals surface area (Å²) in [6.45, 7) is 4.84. The van der Waals surface area contributed by atoms with Crippen molar-refractivity contribution in [2.24, 2.45) is 5.73 Å². The molecule has 0 aliphatic carbocycles. The Labute approximate surface area is 123 Å². The second kappa shape index (κ2) is 5.44. The molecule has 1 aliphatic rings. The van der Waals surface area contributed by atoms with Crippen molar-refractivity contribution in [3.8, 4) is 11.4 Å². The number of H-pyrrole nitrogens is 1. The second-order valence-corrected chi connectivity index (χ2v) is 5.74. The van der Waals surface area contributed by atoms with E-state index in [1.54, 1.807) is 0 Å². The van der Waals surface area contributed by atoms with Crippen LogP contribution in [-0.2, 0) is 0 Å². The molecule has 3 N–H and O–H groups in total. The van der Waals surface area contributed by atoms with E-state index in [-0.39, 0.29) is 17.9 Å². The zero-order chi connectivity index (χ0) is 15.0. The van der Waals surface area contributed by atoms with E-state index >= 15 is 0 Å². The fraction of sp³-hybridized carbons (Fsp3) is 0.467. The topological polar surface area (TPSA) is 70.8 Å². The van der Waals surface area contributed by atoms with Crippen LogP contribution >= 0.6 is 0 Å². The van der Waals surface area contributed by atoms with Gasteiger partial charge in [-0.25, -0.2) is 4.39 Å². The fourth-order valence-electron chi connectivity index (χ4n) is 2.84. The van der Waals surface area contributed by atoms with Crippen LogP contribution in [0.25, 0.3) is 11.4 Å². The minimum Gasteiger partial charge on any atom is -0.335 e. The minimum atomic E-state index is -0.267. The molecule has 0 radical (unpaired) electrons. The number of nitrogens with one attached hydrogen (secondary N) is 1. The lowest BCUT2D eigenvalue weighted by Gasteiger charge is -2.36. The van der Waals surface area contributed by atoms with Gasteiger partial charge in [-0.05, 0) is 50.5 Å². The maximum absolute atomic E-state index is 13.5. The molecule has 112 valence electrons. The largest absolute Gasteiger partial charge is 0.335 e. The van der Waals surface area contributed by atoms with Gasteiger partial charge in [0.05, 0.1) is 0 Å². The third-order valence-electron chi connectivity index (χ3n) is 4.09. The van der Waals surface area contributed by atoms with Crippen LogP contribution in [-0.4, -0.2) is 33.8 Å². The zero-order valence-electron chi connectivity index (χ0n) is 12.3. The summed E-state index contributed by atoms with van der Waals surface area (Å²) >= 11 is 0. The standard InChI is InChI=1S/C15H20FN5/c1-9-6-11(8-12(16)7-9)14-18-15(20-19-14)21-5-3-4-13(17)10(21)2/h6-8,10,13H,3-5,17H2,1-2H3,(H,18,19,20). The number of aromatic amines is 1. The Balaban J connectivity index is 1.89. The highest BCUT2D eigenvalue weighted by atomic mass is 19.1. The quantitative estimate of drug-likeness (QED) is 0.889. The number of hydrogen-bond donors (Lipinski definition) is 2. The van der Waals surface area contributed by atoms with E-state index in [2.05, 4.69) is 27.0 Å². The highest BCUT2D eigenvalue weighted by Gasteiger charge is 2.27. The Bertz CT molecular complexity index is 618. The van der Waals surface area contributed by atoms with Crippen LogP contribution in [0.2, 0.25) is 0 Å². The summed E-state index contributed by atoms with van der Waals surface area (Å²) in [5.41, 5.74) is 7.67. The van der Waals surface area contributed by atoms with Gasteiger partial charge in [0.25, 0.3) is 0 Å². The first kappa shape index (κ1) is 14.0. The predicted octanol–water partition coefficient (Wildman–Crippen LogP) is 2.24. The molecule has 0 spiro atoms. The van der Waals surface area contributed by atoms with Gasteiger partial charge >= 0.3 is 0 Å². The Morgan fingerprint density at radius 1 is 1.38 bits per heavy atom. The first-order valence-corrected chi connectivity index (χ1v) is 7.27. The third kappa shape index (κ3) is 2.76. The van der Waals surface area contributed by atoms with Crippen LogP contribution in [0.5, 0.6) is 0 Å². The zero-order valence-corrected chi connectivity index (χ0v) is 12.3. The van der Waals surface area contributed by atoms with Gasteiger partial charge in [-0.3, -0.25) is 5.10 Å². The van der Waals surface area contributed by atoms with E-state index < -0.39 is 0 Å². The molecule has 2 atom stereocenters. The van der Waals surface area contributed by atoms with E-state index in [4.69, 9.17) is 5.73 Å². The number of halogens is 1. The van der Waals surface area contributed by atoms with Crippen molar-refractivity contribution in [2.75, 3.05) is 11.4 Å². The van der Waals surface area contributed by atoms with Crippen molar-refractivity contribution in [3.05, 3.63) is 29.6 Å². The molecule has 1 aromatic heterocycles. The van der Waals surface area contributed by atoms with Gasteiger partial charge in [0.15, 0.2) is 5.82 Å². The molecule has 0 amide bonds. The highest BCUT2D eigenvalue weighted by molar-refractivity contribution is 5.57. The van der Waals surface area contributed by atoms with Crippen LogP contribution in [0, 0.1) is 12.7 Å². The predicted molar refractivity (Wildman–Crippen MR) is 80.5 cm³/mol. The molecule has 0 bridgehead atoms. The maximum Gasteiger partial charge on any atom is 0.245 e. The van der Waals surface area contributed by atoms with Crippen molar-refractivity contribution in [1.82, 2.24) is 15.2 Å². The van der Waals surface area contributed by atoms with Gasteiger partial charge in [-0.2, -0.15) is 4.98 Å². The summed E-state index contributed by atoms with van der Waals surface area (Å²) in [6.07, 6.45) is 2.06. The fourth-order valence-corrected chi connectivity index (χ4v) is 2.84. The van der Waals surface area contributed by atoms with Crippen molar-refractivity contribution in [3.63, 3.8) is 0 Å². The Kier molecular flexibility index (Phi) is 3.63. The molecule has 2 heterocycles. The molecule has 5 nitrogen and oxygen atoms in total. The van der Waals surface area contributed by atoms with Crippen molar-refractivity contribution in [1.29, 1.82) is 0 Å². The lowest BCUT2D eigenvalue weighted by molar-refractivity contribution is 0.416. The molecule has 3 rings (SSSR count). The number of aryl methyl sites for hydroxylation is 1. The Morgan fingerprint density at radius 3 is 2.95 bits per heavy atom. The summed E-state index contributed by atoms with van der Waals surface area (Å²) in [5.74, 6) is 0.949. The summed E-state index contributed by atoms with van der Waals surface area (Å²) in [4.78, 5) is 6.62. The molecule has 1 fully saturated rings. The lowest BCUT2D eigenvalue weighted by atomic mass is 9.99. The SMILES string of the molecule is Cc1cc(F)cc(-c2nc(N3CCCC(N)C3C)n[nH]2)c1. The summed E-state index contributed by atoms with van der Waals surface area (Å²) in [5, 5.41) is 7.17.